The number of halogens is 1. The summed E-state index contributed by atoms with van der Waals surface area (Å²) in [4.78, 5) is 27.2. The van der Waals surface area contributed by atoms with E-state index in [1.54, 1.807) is 49.6 Å². The maximum Gasteiger partial charge on any atom is 0.278 e. The van der Waals surface area contributed by atoms with Gasteiger partial charge >= 0.3 is 0 Å². The average Bonchev–Trinajstić information content (AvgIpc) is 2.96. The number of ether oxygens (including phenoxy) is 3. The number of hydrogen-bond donors (Lipinski definition) is 1. The molecular weight excluding hydrogens is 396 g/mol. The number of carbonyl (C=O) groups is 2. The molecule has 1 aliphatic heterocycles. The molecule has 0 saturated carbocycles. The minimum atomic E-state index is -0.435. The van der Waals surface area contributed by atoms with Crippen LogP contribution in [0.25, 0.3) is 5.57 Å². The molecule has 1 aliphatic rings. The van der Waals surface area contributed by atoms with Crippen molar-refractivity contribution < 1.29 is 23.8 Å². The molecule has 2 amide bonds. The van der Waals surface area contributed by atoms with Crippen molar-refractivity contribution in [2.75, 3.05) is 39.8 Å². The van der Waals surface area contributed by atoms with E-state index in [9.17, 15) is 9.59 Å². The molecule has 1 heterocycles. The number of benzene rings is 2. The molecular formula is C21H21ClN2O5. The largest absolute Gasteiger partial charge is 0.497 e. The third-order valence-corrected chi connectivity index (χ3v) is 4.74. The molecule has 1 N–H and O–H groups in total. The first kappa shape index (κ1) is 20.7. The maximum absolute atomic E-state index is 13.0. The first-order chi connectivity index (χ1) is 14.0. The highest BCUT2D eigenvalue weighted by molar-refractivity contribution is 6.37. The monoisotopic (exact) mass is 416 g/mol. The number of imide groups is 1. The number of amides is 2. The topological polar surface area (TPSA) is 77.1 Å². The lowest BCUT2D eigenvalue weighted by Gasteiger charge is -2.15. The van der Waals surface area contributed by atoms with Gasteiger partial charge in [-0.25, -0.2) is 0 Å². The van der Waals surface area contributed by atoms with Gasteiger partial charge in [-0.05, 0) is 29.8 Å². The Bertz CT molecular complexity index is 956. The Labute approximate surface area is 173 Å². The fraction of sp³-hybridized carbons (Fsp3) is 0.238. The van der Waals surface area contributed by atoms with Crippen molar-refractivity contribution in [3.05, 3.63) is 58.7 Å². The van der Waals surface area contributed by atoms with Crippen LogP contribution in [0.4, 0.5) is 5.69 Å². The van der Waals surface area contributed by atoms with Crippen molar-refractivity contribution >= 4 is 34.7 Å². The number of rotatable bonds is 8. The van der Waals surface area contributed by atoms with E-state index in [4.69, 9.17) is 25.8 Å². The SMILES string of the molecule is COCCN1C(=O)C(Nc2ccc(OC)cc2OC)=C(c2ccc(Cl)cc2)C1=O. The molecule has 0 bridgehead atoms. The van der Waals surface area contributed by atoms with E-state index in [-0.39, 0.29) is 24.4 Å². The van der Waals surface area contributed by atoms with E-state index in [0.717, 1.165) is 4.90 Å². The second kappa shape index (κ2) is 8.98. The molecule has 0 radical (unpaired) electrons. The Balaban J connectivity index is 2.06. The van der Waals surface area contributed by atoms with E-state index >= 15 is 0 Å². The van der Waals surface area contributed by atoms with Gasteiger partial charge in [-0.1, -0.05) is 23.7 Å². The molecule has 0 spiro atoms. The predicted molar refractivity (Wildman–Crippen MR) is 110 cm³/mol. The smallest absolute Gasteiger partial charge is 0.278 e. The third kappa shape index (κ3) is 4.21. The van der Waals surface area contributed by atoms with E-state index in [1.165, 1.54) is 14.2 Å². The molecule has 0 unspecified atom stereocenters. The summed E-state index contributed by atoms with van der Waals surface area (Å²) in [6, 6.07) is 11.9. The first-order valence-corrected chi connectivity index (χ1v) is 9.22. The lowest BCUT2D eigenvalue weighted by Crippen LogP contribution is -2.35. The zero-order chi connectivity index (χ0) is 21.0. The van der Waals surface area contributed by atoms with Crippen molar-refractivity contribution in [2.24, 2.45) is 0 Å². The molecule has 7 nitrogen and oxygen atoms in total. The van der Waals surface area contributed by atoms with Crippen LogP contribution in [0.15, 0.2) is 48.2 Å². The molecule has 2 aromatic rings. The molecule has 0 saturated heterocycles. The number of methoxy groups -OCH3 is 3. The van der Waals surface area contributed by atoms with Crippen LogP contribution in [-0.2, 0) is 14.3 Å². The Kier molecular flexibility index (Phi) is 6.41. The van der Waals surface area contributed by atoms with E-state index in [1.807, 2.05) is 0 Å². The van der Waals surface area contributed by atoms with Crippen molar-refractivity contribution in [2.45, 2.75) is 0 Å². The lowest BCUT2D eigenvalue weighted by molar-refractivity contribution is -0.137. The second-order valence-electron chi connectivity index (χ2n) is 6.20. The Morgan fingerprint density at radius 3 is 2.31 bits per heavy atom. The summed E-state index contributed by atoms with van der Waals surface area (Å²) in [5.74, 6) is 0.247. The molecule has 152 valence electrons. The Morgan fingerprint density at radius 2 is 1.69 bits per heavy atom. The zero-order valence-corrected chi connectivity index (χ0v) is 17.1. The number of anilines is 1. The normalized spacial score (nSPS) is 13.9. The highest BCUT2D eigenvalue weighted by Crippen LogP contribution is 2.35. The summed E-state index contributed by atoms with van der Waals surface area (Å²) < 4.78 is 15.6. The minimum absolute atomic E-state index is 0.149. The van der Waals surface area contributed by atoms with Crippen molar-refractivity contribution in [1.29, 1.82) is 0 Å². The molecule has 29 heavy (non-hydrogen) atoms. The van der Waals surface area contributed by atoms with Crippen LogP contribution >= 0.6 is 11.6 Å². The molecule has 3 rings (SSSR count). The number of carbonyl (C=O) groups excluding carboxylic acids is 2. The molecule has 0 atom stereocenters. The van der Waals surface area contributed by atoms with Gasteiger partial charge in [-0.3, -0.25) is 14.5 Å². The number of nitrogens with one attached hydrogen (secondary N) is 1. The number of hydrogen-bond acceptors (Lipinski definition) is 6. The molecule has 8 heteroatoms. The van der Waals surface area contributed by atoms with Gasteiger partial charge in [-0.15, -0.1) is 0 Å². The summed E-state index contributed by atoms with van der Waals surface area (Å²) in [7, 11) is 4.58. The predicted octanol–water partition coefficient (Wildman–Crippen LogP) is 3.20. The lowest BCUT2D eigenvalue weighted by atomic mass is 10.0. The average molecular weight is 417 g/mol. The van der Waals surface area contributed by atoms with Gasteiger partial charge in [0.1, 0.15) is 17.2 Å². The fourth-order valence-electron chi connectivity index (χ4n) is 3.00. The third-order valence-electron chi connectivity index (χ3n) is 4.49. The van der Waals surface area contributed by atoms with Crippen LogP contribution in [-0.4, -0.2) is 51.2 Å². The first-order valence-electron chi connectivity index (χ1n) is 8.84. The zero-order valence-electron chi connectivity index (χ0n) is 16.3. The van der Waals surface area contributed by atoms with Crippen molar-refractivity contribution in [1.82, 2.24) is 4.90 Å². The van der Waals surface area contributed by atoms with E-state index in [2.05, 4.69) is 5.32 Å². The van der Waals surface area contributed by atoms with E-state index in [0.29, 0.717) is 27.8 Å². The van der Waals surface area contributed by atoms with Crippen molar-refractivity contribution in [3.63, 3.8) is 0 Å². The Hall–Kier alpha value is -3.03. The van der Waals surface area contributed by atoms with Crippen molar-refractivity contribution in [3.8, 4) is 11.5 Å². The summed E-state index contributed by atoms with van der Waals surface area (Å²) in [6.07, 6.45) is 0. The van der Waals surface area contributed by atoms with Crippen LogP contribution in [0.3, 0.4) is 0 Å². The second-order valence-corrected chi connectivity index (χ2v) is 6.64. The van der Waals surface area contributed by atoms with Crippen LogP contribution in [0.1, 0.15) is 5.56 Å². The van der Waals surface area contributed by atoms with Gasteiger partial charge in [0.2, 0.25) is 0 Å². The van der Waals surface area contributed by atoms with Gasteiger partial charge in [0.25, 0.3) is 11.8 Å². The summed E-state index contributed by atoms with van der Waals surface area (Å²) >= 11 is 5.98. The van der Waals surface area contributed by atoms with Crippen LogP contribution in [0.2, 0.25) is 5.02 Å². The summed E-state index contributed by atoms with van der Waals surface area (Å²) in [6.45, 7) is 0.390. The quantitative estimate of drug-likeness (QED) is 0.666. The van der Waals surface area contributed by atoms with Gasteiger partial charge in [-0.2, -0.15) is 0 Å². The van der Waals surface area contributed by atoms with Crippen LogP contribution in [0, 0.1) is 0 Å². The van der Waals surface area contributed by atoms with E-state index < -0.39 is 11.8 Å². The maximum atomic E-state index is 13.0. The molecule has 0 aliphatic carbocycles. The number of nitrogens with zero attached hydrogens (tertiary/aromatic N) is 1. The standard InChI is InChI=1S/C21H21ClN2O5/c1-27-11-10-24-20(25)18(13-4-6-14(22)7-5-13)19(21(24)26)23-16-9-8-15(28-2)12-17(16)29-3/h4-9,12,23H,10-11H2,1-3H3. The summed E-state index contributed by atoms with van der Waals surface area (Å²) in [5, 5.41) is 3.61. The van der Waals surface area contributed by atoms with Crippen LogP contribution < -0.4 is 14.8 Å². The highest BCUT2D eigenvalue weighted by atomic mass is 35.5. The summed E-state index contributed by atoms with van der Waals surface area (Å²) in [5.41, 5.74) is 1.55. The van der Waals surface area contributed by atoms with Crippen LogP contribution in [0.5, 0.6) is 11.5 Å². The highest BCUT2D eigenvalue weighted by Gasteiger charge is 2.39. The fourth-order valence-corrected chi connectivity index (χ4v) is 3.12. The van der Waals surface area contributed by atoms with Gasteiger partial charge < -0.3 is 19.5 Å². The Morgan fingerprint density at radius 1 is 0.966 bits per heavy atom. The minimum Gasteiger partial charge on any atom is -0.497 e. The van der Waals surface area contributed by atoms with Gasteiger partial charge in [0.15, 0.2) is 0 Å². The molecule has 0 aromatic heterocycles. The van der Waals surface area contributed by atoms with Gasteiger partial charge in [0, 0.05) is 18.2 Å². The molecule has 2 aromatic carbocycles. The van der Waals surface area contributed by atoms with Gasteiger partial charge in [0.05, 0.1) is 38.6 Å². The molecule has 0 fully saturated rings.